The summed E-state index contributed by atoms with van der Waals surface area (Å²) < 4.78 is 18.7. The van der Waals surface area contributed by atoms with Gasteiger partial charge in [0.2, 0.25) is 0 Å². The van der Waals surface area contributed by atoms with Crippen molar-refractivity contribution >= 4 is 8.60 Å². The standard InChI is InChI=1S/C24H45O3P/c1-7-13-16-19-22(10-4)25-28(26-23(11-5)20-17-14-8-2)27-24(12-6)21-18-15-9-3/h10-12,22-24H,4-9,13-21H2,1-3H3. The molecular weight excluding hydrogens is 367 g/mol. The molecule has 0 aromatic carbocycles. The summed E-state index contributed by atoms with van der Waals surface area (Å²) in [5.41, 5.74) is 0. The van der Waals surface area contributed by atoms with Crippen LogP contribution in [0.15, 0.2) is 38.0 Å². The molecule has 164 valence electrons. The Bertz CT molecular complexity index is 329. The fourth-order valence-corrected chi connectivity index (χ4v) is 4.22. The quantitative estimate of drug-likeness (QED) is 0.107. The van der Waals surface area contributed by atoms with Gasteiger partial charge in [-0.1, -0.05) is 96.8 Å². The highest BCUT2D eigenvalue weighted by Gasteiger charge is 2.24. The van der Waals surface area contributed by atoms with Gasteiger partial charge in [0.25, 0.3) is 0 Å². The Labute approximate surface area is 176 Å². The number of hydrogen-bond donors (Lipinski definition) is 0. The van der Waals surface area contributed by atoms with Crippen LogP contribution in [0.2, 0.25) is 0 Å². The molecule has 28 heavy (non-hydrogen) atoms. The van der Waals surface area contributed by atoms with Crippen LogP contribution in [0, 0.1) is 0 Å². The molecule has 0 rings (SSSR count). The third-order valence-corrected chi connectivity index (χ3v) is 6.06. The Kier molecular flexibility index (Phi) is 19.5. The van der Waals surface area contributed by atoms with E-state index in [0.29, 0.717) is 0 Å². The Morgan fingerprint density at radius 2 is 0.857 bits per heavy atom. The maximum absolute atomic E-state index is 6.23. The first-order chi connectivity index (χ1) is 13.6. The van der Waals surface area contributed by atoms with E-state index in [9.17, 15) is 0 Å². The molecule has 0 aliphatic rings. The van der Waals surface area contributed by atoms with Gasteiger partial charge in [0.15, 0.2) is 0 Å². The molecular formula is C24H45O3P. The molecule has 0 fully saturated rings. The Balaban J connectivity index is 4.91. The summed E-state index contributed by atoms with van der Waals surface area (Å²) in [5.74, 6) is 0. The van der Waals surface area contributed by atoms with Crippen LogP contribution in [-0.4, -0.2) is 18.3 Å². The molecule has 3 atom stereocenters. The molecule has 0 radical (unpaired) electrons. The van der Waals surface area contributed by atoms with Crippen LogP contribution in [0.4, 0.5) is 0 Å². The predicted octanol–water partition coefficient (Wildman–Crippen LogP) is 8.67. The van der Waals surface area contributed by atoms with Crippen molar-refractivity contribution in [3.63, 3.8) is 0 Å². The first kappa shape index (κ1) is 27.5. The van der Waals surface area contributed by atoms with E-state index in [1.54, 1.807) is 0 Å². The van der Waals surface area contributed by atoms with Crippen molar-refractivity contribution in [2.75, 3.05) is 0 Å². The maximum Gasteiger partial charge on any atom is 0.334 e. The number of unbranched alkanes of at least 4 members (excludes halogenated alkanes) is 6. The minimum absolute atomic E-state index is 0.0418. The molecule has 0 bridgehead atoms. The van der Waals surface area contributed by atoms with Crippen LogP contribution in [0.5, 0.6) is 0 Å². The second-order valence-electron chi connectivity index (χ2n) is 7.35. The van der Waals surface area contributed by atoms with Crippen molar-refractivity contribution < 1.29 is 13.6 Å². The number of hydrogen-bond acceptors (Lipinski definition) is 3. The summed E-state index contributed by atoms with van der Waals surface area (Å²) >= 11 is 0. The van der Waals surface area contributed by atoms with Gasteiger partial charge in [-0.05, 0) is 19.3 Å². The summed E-state index contributed by atoms with van der Waals surface area (Å²) in [7, 11) is -1.47. The fourth-order valence-electron chi connectivity index (χ4n) is 2.83. The van der Waals surface area contributed by atoms with Gasteiger partial charge in [-0.15, -0.1) is 19.7 Å². The zero-order valence-corrected chi connectivity index (χ0v) is 19.6. The first-order valence-corrected chi connectivity index (χ1v) is 12.4. The summed E-state index contributed by atoms with van der Waals surface area (Å²) in [5, 5.41) is 0. The van der Waals surface area contributed by atoms with E-state index >= 15 is 0 Å². The molecule has 0 saturated heterocycles. The van der Waals surface area contributed by atoms with Crippen LogP contribution in [0.3, 0.4) is 0 Å². The van der Waals surface area contributed by atoms with E-state index in [2.05, 4.69) is 40.5 Å². The Hall–Kier alpha value is -0.470. The van der Waals surface area contributed by atoms with E-state index in [4.69, 9.17) is 13.6 Å². The third kappa shape index (κ3) is 14.5. The molecule has 0 saturated carbocycles. The van der Waals surface area contributed by atoms with E-state index in [1.807, 2.05) is 18.2 Å². The topological polar surface area (TPSA) is 27.7 Å². The molecule has 4 heteroatoms. The van der Waals surface area contributed by atoms with Crippen molar-refractivity contribution in [2.24, 2.45) is 0 Å². The second kappa shape index (κ2) is 19.8. The van der Waals surface area contributed by atoms with Crippen LogP contribution in [0.1, 0.15) is 97.8 Å². The smallest absolute Gasteiger partial charge is 0.305 e. The van der Waals surface area contributed by atoms with E-state index < -0.39 is 8.60 Å². The second-order valence-corrected chi connectivity index (χ2v) is 8.43. The van der Waals surface area contributed by atoms with E-state index in [1.165, 1.54) is 38.5 Å². The lowest BCUT2D eigenvalue weighted by atomic mass is 10.1. The van der Waals surface area contributed by atoms with Gasteiger partial charge in [-0.2, -0.15) is 0 Å². The largest absolute Gasteiger partial charge is 0.334 e. The summed E-state index contributed by atoms with van der Waals surface area (Å²) in [6.07, 6.45) is 18.9. The van der Waals surface area contributed by atoms with Crippen molar-refractivity contribution in [1.82, 2.24) is 0 Å². The monoisotopic (exact) mass is 412 g/mol. The first-order valence-electron chi connectivity index (χ1n) is 11.3. The molecule has 0 N–H and O–H groups in total. The van der Waals surface area contributed by atoms with Crippen LogP contribution >= 0.6 is 8.60 Å². The lowest BCUT2D eigenvalue weighted by Crippen LogP contribution is -2.16. The van der Waals surface area contributed by atoms with Gasteiger partial charge in [0, 0.05) is 0 Å². The SMILES string of the molecule is C=CC(CCCCC)OP(OC(C=C)CCCCC)OC(C=C)CCCCC. The summed E-state index contributed by atoms with van der Waals surface area (Å²) in [4.78, 5) is 0. The maximum atomic E-state index is 6.23. The van der Waals surface area contributed by atoms with Crippen molar-refractivity contribution in [3.8, 4) is 0 Å². The predicted molar refractivity (Wildman–Crippen MR) is 125 cm³/mol. The average molecular weight is 413 g/mol. The average Bonchev–Trinajstić information content (AvgIpc) is 2.71. The molecule has 0 aliphatic heterocycles. The van der Waals surface area contributed by atoms with Crippen molar-refractivity contribution in [1.29, 1.82) is 0 Å². The Morgan fingerprint density at radius 3 is 1.07 bits per heavy atom. The van der Waals surface area contributed by atoms with Gasteiger partial charge in [-0.25, -0.2) is 0 Å². The summed E-state index contributed by atoms with van der Waals surface area (Å²) in [6, 6.07) is 0. The molecule has 0 spiro atoms. The van der Waals surface area contributed by atoms with Gasteiger partial charge >= 0.3 is 8.60 Å². The highest BCUT2D eigenvalue weighted by Crippen LogP contribution is 2.46. The van der Waals surface area contributed by atoms with Crippen LogP contribution in [0.25, 0.3) is 0 Å². The molecule has 3 nitrogen and oxygen atoms in total. The van der Waals surface area contributed by atoms with Gasteiger partial charge in [-0.3, -0.25) is 0 Å². The van der Waals surface area contributed by atoms with Gasteiger partial charge < -0.3 is 13.6 Å². The van der Waals surface area contributed by atoms with E-state index in [0.717, 1.165) is 38.5 Å². The molecule has 0 aliphatic carbocycles. The molecule has 0 aromatic rings. The number of rotatable bonds is 21. The lowest BCUT2D eigenvalue weighted by Gasteiger charge is -2.27. The minimum Gasteiger partial charge on any atom is -0.305 e. The molecule has 0 heterocycles. The van der Waals surface area contributed by atoms with E-state index in [-0.39, 0.29) is 18.3 Å². The minimum atomic E-state index is -1.47. The lowest BCUT2D eigenvalue weighted by molar-refractivity contribution is 0.0927. The molecule has 0 amide bonds. The zero-order chi connectivity index (χ0) is 21.0. The highest BCUT2D eigenvalue weighted by molar-refractivity contribution is 7.41. The zero-order valence-electron chi connectivity index (χ0n) is 18.7. The van der Waals surface area contributed by atoms with Crippen LogP contribution < -0.4 is 0 Å². The third-order valence-electron chi connectivity index (χ3n) is 4.73. The molecule has 0 aromatic heterocycles. The van der Waals surface area contributed by atoms with Gasteiger partial charge in [0.1, 0.15) is 0 Å². The highest BCUT2D eigenvalue weighted by atomic mass is 31.2. The normalized spacial score (nSPS) is 15.5. The summed E-state index contributed by atoms with van der Waals surface area (Å²) in [6.45, 7) is 18.5. The van der Waals surface area contributed by atoms with Crippen molar-refractivity contribution in [2.45, 2.75) is 116 Å². The Morgan fingerprint density at radius 1 is 0.571 bits per heavy atom. The van der Waals surface area contributed by atoms with Gasteiger partial charge in [0.05, 0.1) is 18.3 Å². The molecule has 3 unspecified atom stereocenters. The van der Waals surface area contributed by atoms with Crippen molar-refractivity contribution in [3.05, 3.63) is 38.0 Å². The van der Waals surface area contributed by atoms with Crippen LogP contribution in [-0.2, 0) is 13.6 Å². The fraction of sp³-hybridized carbons (Fsp3) is 0.750.